The second-order valence-electron chi connectivity index (χ2n) is 3.37. The standard InChI is InChI=1S/C10H11ClO2/c11-9-5-8(12)3-4-10(9)13-6-7-1-2-7/h3-5,7,12H,1-2,6H2. The molecule has 1 N–H and O–H groups in total. The average molecular weight is 199 g/mol. The zero-order valence-electron chi connectivity index (χ0n) is 7.16. The third-order valence-corrected chi connectivity index (χ3v) is 2.38. The van der Waals surface area contributed by atoms with Crippen LogP contribution in [0.2, 0.25) is 5.02 Å². The summed E-state index contributed by atoms with van der Waals surface area (Å²) in [5.41, 5.74) is 0. The predicted molar refractivity (Wildman–Crippen MR) is 51.3 cm³/mol. The molecule has 1 aliphatic carbocycles. The molecule has 3 heteroatoms. The lowest BCUT2D eigenvalue weighted by Crippen LogP contribution is -1.98. The van der Waals surface area contributed by atoms with E-state index < -0.39 is 0 Å². The first-order valence-corrected chi connectivity index (χ1v) is 4.75. The molecule has 13 heavy (non-hydrogen) atoms. The van der Waals surface area contributed by atoms with E-state index in [4.69, 9.17) is 21.4 Å². The SMILES string of the molecule is Oc1ccc(OCC2CC2)c(Cl)c1. The fourth-order valence-corrected chi connectivity index (χ4v) is 1.33. The van der Waals surface area contributed by atoms with Gasteiger partial charge in [0.1, 0.15) is 11.5 Å². The Kier molecular flexibility index (Phi) is 2.32. The van der Waals surface area contributed by atoms with E-state index >= 15 is 0 Å². The molecule has 1 fully saturated rings. The smallest absolute Gasteiger partial charge is 0.138 e. The van der Waals surface area contributed by atoms with Gasteiger partial charge in [0.05, 0.1) is 11.6 Å². The van der Waals surface area contributed by atoms with Gasteiger partial charge >= 0.3 is 0 Å². The van der Waals surface area contributed by atoms with Crippen LogP contribution in [-0.4, -0.2) is 11.7 Å². The Balaban J connectivity index is 2.01. The van der Waals surface area contributed by atoms with Crippen molar-refractivity contribution in [1.29, 1.82) is 0 Å². The second-order valence-corrected chi connectivity index (χ2v) is 3.78. The minimum absolute atomic E-state index is 0.170. The fourth-order valence-electron chi connectivity index (χ4n) is 1.10. The molecule has 1 aliphatic rings. The lowest BCUT2D eigenvalue weighted by atomic mass is 10.3. The largest absolute Gasteiger partial charge is 0.508 e. The van der Waals surface area contributed by atoms with Gasteiger partial charge in [0, 0.05) is 6.07 Å². The van der Waals surface area contributed by atoms with Crippen molar-refractivity contribution in [2.45, 2.75) is 12.8 Å². The molecule has 0 unspecified atom stereocenters. The normalized spacial score (nSPS) is 15.8. The van der Waals surface area contributed by atoms with Crippen LogP contribution in [0.3, 0.4) is 0 Å². The van der Waals surface area contributed by atoms with Crippen LogP contribution in [0.4, 0.5) is 0 Å². The average Bonchev–Trinajstić information content (AvgIpc) is 2.86. The maximum atomic E-state index is 9.09. The van der Waals surface area contributed by atoms with Crippen molar-refractivity contribution < 1.29 is 9.84 Å². The summed E-state index contributed by atoms with van der Waals surface area (Å²) in [7, 11) is 0. The van der Waals surface area contributed by atoms with Gasteiger partial charge in [-0.3, -0.25) is 0 Å². The molecule has 0 bridgehead atoms. The molecular formula is C10H11ClO2. The third-order valence-electron chi connectivity index (χ3n) is 2.09. The zero-order valence-corrected chi connectivity index (χ0v) is 7.92. The fraction of sp³-hybridized carbons (Fsp3) is 0.400. The molecule has 0 atom stereocenters. The highest BCUT2D eigenvalue weighted by atomic mass is 35.5. The molecule has 1 aromatic rings. The summed E-state index contributed by atoms with van der Waals surface area (Å²) in [5.74, 6) is 1.54. The van der Waals surface area contributed by atoms with E-state index in [2.05, 4.69) is 0 Å². The molecule has 0 heterocycles. The monoisotopic (exact) mass is 198 g/mol. The molecular weight excluding hydrogens is 188 g/mol. The summed E-state index contributed by atoms with van der Waals surface area (Å²) in [6.45, 7) is 0.741. The Hall–Kier alpha value is -0.890. The van der Waals surface area contributed by atoms with Crippen molar-refractivity contribution in [3.05, 3.63) is 23.2 Å². The summed E-state index contributed by atoms with van der Waals surface area (Å²) in [6, 6.07) is 4.76. The van der Waals surface area contributed by atoms with Gasteiger partial charge < -0.3 is 9.84 Å². The van der Waals surface area contributed by atoms with Crippen LogP contribution in [-0.2, 0) is 0 Å². The van der Waals surface area contributed by atoms with Crippen LogP contribution in [0, 0.1) is 5.92 Å². The number of rotatable bonds is 3. The highest BCUT2D eigenvalue weighted by molar-refractivity contribution is 6.32. The summed E-state index contributed by atoms with van der Waals surface area (Å²) in [5, 5.41) is 9.56. The molecule has 1 saturated carbocycles. The molecule has 70 valence electrons. The number of halogens is 1. The highest BCUT2D eigenvalue weighted by Gasteiger charge is 2.22. The van der Waals surface area contributed by atoms with E-state index in [0.717, 1.165) is 6.61 Å². The highest BCUT2D eigenvalue weighted by Crippen LogP contribution is 2.32. The van der Waals surface area contributed by atoms with E-state index in [9.17, 15) is 0 Å². The number of hydrogen-bond donors (Lipinski definition) is 1. The maximum absolute atomic E-state index is 9.09. The van der Waals surface area contributed by atoms with Crippen LogP contribution >= 0.6 is 11.6 Å². The maximum Gasteiger partial charge on any atom is 0.138 e. The van der Waals surface area contributed by atoms with E-state index in [1.54, 1.807) is 12.1 Å². The van der Waals surface area contributed by atoms with Gasteiger partial charge in [-0.05, 0) is 30.9 Å². The first-order chi connectivity index (χ1) is 6.25. The topological polar surface area (TPSA) is 29.5 Å². The van der Waals surface area contributed by atoms with E-state index in [-0.39, 0.29) is 5.75 Å². The summed E-state index contributed by atoms with van der Waals surface area (Å²) >= 11 is 5.85. The lowest BCUT2D eigenvalue weighted by molar-refractivity contribution is 0.299. The minimum Gasteiger partial charge on any atom is -0.508 e. The molecule has 0 radical (unpaired) electrons. The Labute approximate surface area is 82.1 Å². The summed E-state index contributed by atoms with van der Waals surface area (Å²) in [4.78, 5) is 0. The molecule has 2 nitrogen and oxygen atoms in total. The number of phenols is 1. The van der Waals surface area contributed by atoms with E-state index in [1.807, 2.05) is 0 Å². The van der Waals surface area contributed by atoms with Crippen molar-refractivity contribution in [3.8, 4) is 11.5 Å². The summed E-state index contributed by atoms with van der Waals surface area (Å²) < 4.78 is 5.47. The van der Waals surface area contributed by atoms with Gasteiger partial charge in [-0.1, -0.05) is 11.6 Å². The quantitative estimate of drug-likeness (QED) is 0.810. The molecule has 0 amide bonds. The Morgan fingerprint density at radius 1 is 1.46 bits per heavy atom. The first kappa shape index (κ1) is 8.70. The molecule has 0 saturated heterocycles. The molecule has 2 rings (SSSR count). The second kappa shape index (κ2) is 3.46. The minimum atomic E-state index is 0.170. The van der Waals surface area contributed by atoms with Gasteiger partial charge in [-0.25, -0.2) is 0 Å². The van der Waals surface area contributed by atoms with Gasteiger partial charge in [0.25, 0.3) is 0 Å². The van der Waals surface area contributed by atoms with Crippen molar-refractivity contribution in [1.82, 2.24) is 0 Å². The van der Waals surface area contributed by atoms with Crippen molar-refractivity contribution in [2.24, 2.45) is 5.92 Å². The zero-order chi connectivity index (χ0) is 9.26. The molecule has 1 aromatic carbocycles. The Morgan fingerprint density at radius 2 is 2.23 bits per heavy atom. The number of phenolic OH excluding ortho intramolecular Hbond substituents is 1. The molecule has 0 aliphatic heterocycles. The van der Waals surface area contributed by atoms with E-state index in [0.29, 0.717) is 16.7 Å². The van der Waals surface area contributed by atoms with Crippen molar-refractivity contribution in [3.63, 3.8) is 0 Å². The molecule has 0 spiro atoms. The van der Waals surface area contributed by atoms with Crippen LogP contribution < -0.4 is 4.74 Å². The van der Waals surface area contributed by atoms with Gasteiger partial charge in [-0.15, -0.1) is 0 Å². The summed E-state index contributed by atoms with van der Waals surface area (Å²) in [6.07, 6.45) is 2.52. The number of ether oxygens (including phenoxy) is 1. The molecule has 0 aromatic heterocycles. The van der Waals surface area contributed by atoms with Crippen LogP contribution in [0.1, 0.15) is 12.8 Å². The number of hydrogen-bond acceptors (Lipinski definition) is 2. The van der Waals surface area contributed by atoms with Gasteiger partial charge in [0.15, 0.2) is 0 Å². The van der Waals surface area contributed by atoms with Crippen LogP contribution in [0.5, 0.6) is 11.5 Å². The van der Waals surface area contributed by atoms with E-state index in [1.165, 1.54) is 18.9 Å². The predicted octanol–water partition coefficient (Wildman–Crippen LogP) is 2.83. The Morgan fingerprint density at radius 3 is 2.85 bits per heavy atom. The van der Waals surface area contributed by atoms with Crippen molar-refractivity contribution in [2.75, 3.05) is 6.61 Å². The Bertz CT molecular complexity index is 308. The van der Waals surface area contributed by atoms with Crippen molar-refractivity contribution >= 4 is 11.6 Å². The van der Waals surface area contributed by atoms with Crippen LogP contribution in [0.25, 0.3) is 0 Å². The van der Waals surface area contributed by atoms with Gasteiger partial charge in [-0.2, -0.15) is 0 Å². The number of aromatic hydroxyl groups is 1. The number of benzene rings is 1. The lowest BCUT2D eigenvalue weighted by Gasteiger charge is -2.06. The van der Waals surface area contributed by atoms with Gasteiger partial charge in [0.2, 0.25) is 0 Å². The third kappa shape index (κ3) is 2.28. The van der Waals surface area contributed by atoms with Crippen LogP contribution in [0.15, 0.2) is 18.2 Å². The first-order valence-electron chi connectivity index (χ1n) is 4.37.